The van der Waals surface area contributed by atoms with Crippen LogP contribution in [0.2, 0.25) is 0 Å². The number of ketones is 1. The highest BCUT2D eigenvalue weighted by Gasteiger charge is 2.13. The summed E-state index contributed by atoms with van der Waals surface area (Å²) in [5.74, 6) is 1.62. The van der Waals surface area contributed by atoms with Crippen LogP contribution in [-0.4, -0.2) is 22.4 Å². The predicted octanol–water partition coefficient (Wildman–Crippen LogP) is 3.70. The van der Waals surface area contributed by atoms with E-state index in [2.05, 4.69) is 0 Å². The Hall–Kier alpha value is -2.95. The molecule has 134 valence electrons. The highest BCUT2D eigenvalue weighted by atomic mass is 16.5. The summed E-state index contributed by atoms with van der Waals surface area (Å²) in [7, 11) is 1.61. The summed E-state index contributed by atoms with van der Waals surface area (Å²) in [6.07, 6.45) is 2.28. The summed E-state index contributed by atoms with van der Waals surface area (Å²) in [6, 6.07) is 14.7. The molecular weight excluding hydrogens is 328 g/mol. The molecule has 0 aliphatic heterocycles. The van der Waals surface area contributed by atoms with Crippen LogP contribution in [-0.2, 0) is 11.2 Å². The molecule has 0 unspecified atom stereocenters. The number of fused-ring (bicyclic) bond motifs is 1. The van der Waals surface area contributed by atoms with Gasteiger partial charge in [-0.15, -0.1) is 0 Å². The molecule has 0 amide bonds. The molecular formula is C21H22N2O3. The third-order valence-corrected chi connectivity index (χ3v) is 4.43. The first-order valence-corrected chi connectivity index (χ1v) is 8.81. The van der Waals surface area contributed by atoms with Gasteiger partial charge in [-0.3, -0.25) is 14.2 Å². The third-order valence-electron chi connectivity index (χ3n) is 4.43. The topological polar surface area (TPSA) is 61.2 Å². The Labute approximate surface area is 152 Å². The van der Waals surface area contributed by atoms with Gasteiger partial charge in [0.2, 0.25) is 0 Å². The minimum Gasteiger partial charge on any atom is -0.497 e. The van der Waals surface area contributed by atoms with Crippen molar-refractivity contribution >= 4 is 16.7 Å². The molecule has 26 heavy (non-hydrogen) atoms. The largest absolute Gasteiger partial charge is 0.497 e. The number of aromatic nitrogens is 2. The molecule has 5 nitrogen and oxygen atoms in total. The Morgan fingerprint density at radius 3 is 2.54 bits per heavy atom. The van der Waals surface area contributed by atoms with Gasteiger partial charge in [0.25, 0.3) is 5.56 Å². The quantitative estimate of drug-likeness (QED) is 0.652. The fourth-order valence-corrected chi connectivity index (χ4v) is 2.96. The van der Waals surface area contributed by atoms with Crippen molar-refractivity contribution < 1.29 is 9.53 Å². The highest BCUT2D eigenvalue weighted by Crippen LogP contribution is 2.18. The van der Waals surface area contributed by atoms with Crippen molar-refractivity contribution in [3.8, 4) is 11.4 Å². The van der Waals surface area contributed by atoms with E-state index in [-0.39, 0.29) is 11.3 Å². The van der Waals surface area contributed by atoms with Gasteiger partial charge in [0.05, 0.1) is 23.7 Å². The van der Waals surface area contributed by atoms with Gasteiger partial charge >= 0.3 is 0 Å². The van der Waals surface area contributed by atoms with E-state index in [0.29, 0.717) is 42.4 Å². The molecule has 0 radical (unpaired) electrons. The zero-order chi connectivity index (χ0) is 18.5. The number of ether oxygens (including phenoxy) is 1. The number of carbonyl (C=O) groups excluding carboxylic acids is 1. The van der Waals surface area contributed by atoms with Gasteiger partial charge in [-0.1, -0.05) is 19.1 Å². The zero-order valence-electron chi connectivity index (χ0n) is 15.1. The lowest BCUT2D eigenvalue weighted by Gasteiger charge is -2.14. The van der Waals surface area contributed by atoms with Crippen LogP contribution < -0.4 is 10.3 Å². The van der Waals surface area contributed by atoms with Gasteiger partial charge in [-0.05, 0) is 42.8 Å². The highest BCUT2D eigenvalue weighted by molar-refractivity contribution is 5.78. The van der Waals surface area contributed by atoms with E-state index < -0.39 is 0 Å². The van der Waals surface area contributed by atoms with Gasteiger partial charge in [0.1, 0.15) is 17.4 Å². The standard InChI is InChI=1S/C21H22N2O3/c1-3-16(24)7-6-10-20-22-19-9-5-4-8-18(19)21(25)23(20)15-11-13-17(26-2)14-12-15/h4-5,8-9,11-14H,3,6-7,10H2,1-2H3. The minimum absolute atomic E-state index is 0.0995. The monoisotopic (exact) mass is 350 g/mol. The summed E-state index contributed by atoms with van der Waals surface area (Å²) in [6.45, 7) is 1.86. The molecule has 1 heterocycles. The molecule has 0 saturated heterocycles. The molecule has 0 atom stereocenters. The average molecular weight is 350 g/mol. The lowest BCUT2D eigenvalue weighted by atomic mass is 10.1. The molecule has 3 rings (SSSR count). The second-order valence-corrected chi connectivity index (χ2v) is 6.13. The second-order valence-electron chi connectivity index (χ2n) is 6.13. The number of Topliss-reactive ketones (excluding diaryl/α,β-unsaturated/α-hetero) is 1. The predicted molar refractivity (Wildman–Crippen MR) is 102 cm³/mol. The van der Waals surface area contributed by atoms with Crippen molar-refractivity contribution in [3.05, 3.63) is 64.7 Å². The number of hydrogen-bond acceptors (Lipinski definition) is 4. The molecule has 0 spiro atoms. The number of hydrogen-bond donors (Lipinski definition) is 0. The van der Waals surface area contributed by atoms with Crippen molar-refractivity contribution in [3.63, 3.8) is 0 Å². The summed E-state index contributed by atoms with van der Waals surface area (Å²) < 4.78 is 6.84. The minimum atomic E-state index is -0.0995. The molecule has 0 aliphatic carbocycles. The summed E-state index contributed by atoms with van der Waals surface area (Å²) >= 11 is 0. The maximum absolute atomic E-state index is 13.1. The van der Waals surface area contributed by atoms with E-state index in [0.717, 1.165) is 11.4 Å². The van der Waals surface area contributed by atoms with E-state index in [1.807, 2.05) is 49.4 Å². The average Bonchev–Trinajstić information content (AvgIpc) is 2.68. The van der Waals surface area contributed by atoms with Crippen LogP contribution in [0.4, 0.5) is 0 Å². The fourth-order valence-electron chi connectivity index (χ4n) is 2.96. The van der Waals surface area contributed by atoms with E-state index in [1.165, 1.54) is 0 Å². The first kappa shape index (κ1) is 17.9. The van der Waals surface area contributed by atoms with Crippen LogP contribution in [0.1, 0.15) is 32.0 Å². The first-order chi connectivity index (χ1) is 12.6. The summed E-state index contributed by atoms with van der Waals surface area (Å²) in [5.41, 5.74) is 1.32. The number of carbonyl (C=O) groups is 1. The fraction of sp³-hybridized carbons (Fsp3) is 0.286. The lowest BCUT2D eigenvalue weighted by Crippen LogP contribution is -2.24. The molecule has 0 bridgehead atoms. The van der Waals surface area contributed by atoms with Gasteiger partial charge in [0, 0.05) is 19.3 Å². The first-order valence-electron chi connectivity index (χ1n) is 8.81. The Morgan fingerprint density at radius 2 is 1.85 bits per heavy atom. The van der Waals surface area contributed by atoms with Crippen LogP contribution in [0.3, 0.4) is 0 Å². The molecule has 0 N–H and O–H groups in total. The summed E-state index contributed by atoms with van der Waals surface area (Å²) in [5, 5.41) is 0.580. The second kappa shape index (κ2) is 7.95. The van der Waals surface area contributed by atoms with Crippen LogP contribution in [0.25, 0.3) is 16.6 Å². The molecule has 5 heteroatoms. The number of para-hydroxylation sites is 1. The lowest BCUT2D eigenvalue weighted by molar-refractivity contribution is -0.118. The van der Waals surface area contributed by atoms with Crippen LogP contribution in [0.15, 0.2) is 53.3 Å². The Kier molecular flexibility index (Phi) is 5.46. The number of benzene rings is 2. The molecule has 1 aromatic heterocycles. The van der Waals surface area contributed by atoms with Crippen molar-refractivity contribution in [2.24, 2.45) is 0 Å². The van der Waals surface area contributed by atoms with Crippen molar-refractivity contribution in [2.45, 2.75) is 32.6 Å². The van der Waals surface area contributed by atoms with Gasteiger partial charge in [-0.2, -0.15) is 0 Å². The smallest absolute Gasteiger partial charge is 0.265 e. The van der Waals surface area contributed by atoms with Gasteiger partial charge in [0.15, 0.2) is 0 Å². The number of nitrogens with zero attached hydrogens (tertiary/aromatic N) is 2. The molecule has 0 fully saturated rings. The zero-order valence-corrected chi connectivity index (χ0v) is 15.1. The molecule has 0 saturated carbocycles. The molecule has 3 aromatic rings. The van der Waals surface area contributed by atoms with Gasteiger partial charge < -0.3 is 4.74 Å². The van der Waals surface area contributed by atoms with E-state index >= 15 is 0 Å². The van der Waals surface area contributed by atoms with E-state index in [9.17, 15) is 9.59 Å². The summed E-state index contributed by atoms with van der Waals surface area (Å²) in [4.78, 5) is 29.4. The normalized spacial score (nSPS) is 10.8. The third kappa shape index (κ3) is 3.67. The van der Waals surface area contributed by atoms with Crippen molar-refractivity contribution in [1.29, 1.82) is 0 Å². The Balaban J connectivity index is 2.07. The van der Waals surface area contributed by atoms with Crippen molar-refractivity contribution in [1.82, 2.24) is 9.55 Å². The number of aryl methyl sites for hydroxylation is 1. The van der Waals surface area contributed by atoms with E-state index in [1.54, 1.807) is 17.7 Å². The SMILES string of the molecule is CCC(=O)CCCc1nc2ccccc2c(=O)n1-c1ccc(OC)cc1. The molecule has 2 aromatic carbocycles. The van der Waals surface area contributed by atoms with Crippen LogP contribution >= 0.6 is 0 Å². The van der Waals surface area contributed by atoms with Crippen LogP contribution in [0.5, 0.6) is 5.75 Å². The van der Waals surface area contributed by atoms with Gasteiger partial charge in [-0.25, -0.2) is 4.98 Å². The molecule has 0 aliphatic rings. The Bertz CT molecular complexity index is 975. The number of rotatable bonds is 7. The maximum atomic E-state index is 13.1. The van der Waals surface area contributed by atoms with E-state index in [4.69, 9.17) is 9.72 Å². The van der Waals surface area contributed by atoms with Crippen molar-refractivity contribution in [2.75, 3.05) is 7.11 Å². The number of methoxy groups -OCH3 is 1. The van der Waals surface area contributed by atoms with Crippen LogP contribution in [0, 0.1) is 0 Å². The Morgan fingerprint density at radius 1 is 1.12 bits per heavy atom. The maximum Gasteiger partial charge on any atom is 0.265 e.